The molecule has 2 N–H and O–H groups in total. The van der Waals surface area contributed by atoms with Gasteiger partial charge in [-0.2, -0.15) is 0 Å². The van der Waals surface area contributed by atoms with Crippen molar-refractivity contribution in [1.29, 1.82) is 0 Å². The first-order chi connectivity index (χ1) is 11.1. The Morgan fingerprint density at radius 3 is 2.74 bits per heavy atom. The Morgan fingerprint density at radius 2 is 2.04 bits per heavy atom. The molecule has 120 valence electrons. The monoisotopic (exact) mass is 329 g/mol. The third-order valence-electron chi connectivity index (χ3n) is 3.75. The van der Waals surface area contributed by atoms with Crippen LogP contribution < -0.4 is 15.5 Å². The fourth-order valence-corrected chi connectivity index (χ4v) is 3.48. The van der Waals surface area contributed by atoms with Crippen LogP contribution in [-0.4, -0.2) is 24.5 Å². The van der Waals surface area contributed by atoms with Crippen molar-refractivity contribution in [2.45, 2.75) is 25.9 Å². The van der Waals surface area contributed by atoms with Gasteiger partial charge in [0.25, 0.3) is 0 Å². The molecule has 23 heavy (non-hydrogen) atoms. The number of thiophene rings is 1. The fraction of sp³-hybridized carbons (Fsp3) is 0.294. The molecule has 3 rings (SSSR count). The van der Waals surface area contributed by atoms with Gasteiger partial charge in [0.05, 0.1) is 12.6 Å². The van der Waals surface area contributed by atoms with Crippen molar-refractivity contribution < 1.29 is 9.59 Å². The number of nitrogens with zero attached hydrogens (tertiary/aromatic N) is 1. The van der Waals surface area contributed by atoms with Crippen molar-refractivity contribution >= 4 is 29.0 Å². The Hall–Kier alpha value is -2.34. The molecule has 1 aromatic carbocycles. The summed E-state index contributed by atoms with van der Waals surface area (Å²) in [6.07, 6.45) is 0.334. The molecule has 0 unspecified atom stereocenters. The number of hydrogen-bond donors (Lipinski definition) is 2. The minimum Gasteiger partial charge on any atom is -0.333 e. The van der Waals surface area contributed by atoms with Crippen molar-refractivity contribution in [2.24, 2.45) is 0 Å². The normalized spacial score (nSPS) is 17.3. The molecule has 3 amide bonds. The Kier molecular flexibility index (Phi) is 4.62. The van der Waals surface area contributed by atoms with Crippen molar-refractivity contribution in [3.8, 4) is 0 Å². The Balaban J connectivity index is 1.51. The van der Waals surface area contributed by atoms with Gasteiger partial charge in [-0.15, -0.1) is 11.3 Å². The second-order valence-electron chi connectivity index (χ2n) is 5.58. The molecule has 1 fully saturated rings. The molecule has 1 saturated heterocycles. The van der Waals surface area contributed by atoms with E-state index < -0.39 is 0 Å². The minimum absolute atomic E-state index is 0.0374. The van der Waals surface area contributed by atoms with Crippen molar-refractivity contribution in [3.63, 3.8) is 0 Å². The number of para-hydroxylation sites is 1. The summed E-state index contributed by atoms with van der Waals surface area (Å²) in [5.74, 6) is 0.0374. The quantitative estimate of drug-likeness (QED) is 0.906. The van der Waals surface area contributed by atoms with E-state index >= 15 is 0 Å². The summed E-state index contributed by atoms with van der Waals surface area (Å²) in [6.45, 7) is 3.05. The van der Waals surface area contributed by atoms with Crippen molar-refractivity contribution in [3.05, 3.63) is 52.2 Å². The lowest BCUT2D eigenvalue weighted by Crippen LogP contribution is -2.43. The number of rotatable bonds is 4. The first kappa shape index (κ1) is 15.6. The molecular weight excluding hydrogens is 310 g/mol. The van der Waals surface area contributed by atoms with E-state index in [-0.39, 0.29) is 18.0 Å². The van der Waals surface area contributed by atoms with Gasteiger partial charge in [-0.1, -0.05) is 18.2 Å². The molecule has 0 saturated carbocycles. The van der Waals surface area contributed by atoms with Gasteiger partial charge >= 0.3 is 6.03 Å². The van der Waals surface area contributed by atoms with Crippen LogP contribution in [0.15, 0.2) is 42.5 Å². The summed E-state index contributed by atoms with van der Waals surface area (Å²) >= 11 is 1.67. The van der Waals surface area contributed by atoms with Crippen LogP contribution in [0.1, 0.15) is 16.2 Å². The number of amides is 3. The predicted octanol–water partition coefficient (Wildman–Crippen LogP) is 2.66. The van der Waals surface area contributed by atoms with Gasteiger partial charge < -0.3 is 15.5 Å². The van der Waals surface area contributed by atoms with Crippen molar-refractivity contribution in [1.82, 2.24) is 10.6 Å². The molecule has 0 aliphatic carbocycles. The van der Waals surface area contributed by atoms with Crippen LogP contribution >= 0.6 is 11.3 Å². The molecule has 1 aliphatic heterocycles. The van der Waals surface area contributed by atoms with Gasteiger partial charge in [0, 0.05) is 28.4 Å². The molecule has 1 aromatic heterocycles. The van der Waals surface area contributed by atoms with Crippen LogP contribution in [0.2, 0.25) is 0 Å². The molecular formula is C17H19N3O2S. The maximum Gasteiger partial charge on any atom is 0.315 e. The molecule has 5 nitrogen and oxygen atoms in total. The van der Waals surface area contributed by atoms with Crippen LogP contribution in [0.3, 0.4) is 0 Å². The lowest BCUT2D eigenvalue weighted by molar-refractivity contribution is -0.117. The number of anilines is 1. The van der Waals surface area contributed by atoms with Gasteiger partial charge in [0.15, 0.2) is 0 Å². The van der Waals surface area contributed by atoms with E-state index in [2.05, 4.69) is 10.6 Å². The van der Waals surface area contributed by atoms with E-state index in [1.165, 1.54) is 4.88 Å². The van der Waals surface area contributed by atoms with Crippen LogP contribution in [0, 0.1) is 6.92 Å². The number of carbonyl (C=O) groups is 2. The first-order valence-corrected chi connectivity index (χ1v) is 8.38. The van der Waals surface area contributed by atoms with Gasteiger partial charge in [-0.25, -0.2) is 4.79 Å². The number of hydrogen-bond acceptors (Lipinski definition) is 3. The van der Waals surface area contributed by atoms with E-state index in [4.69, 9.17) is 0 Å². The fourth-order valence-electron chi connectivity index (χ4n) is 2.65. The number of aryl methyl sites for hydroxylation is 1. The Labute approximate surface area is 139 Å². The van der Waals surface area contributed by atoms with Crippen molar-refractivity contribution in [2.75, 3.05) is 11.4 Å². The van der Waals surface area contributed by atoms with Crippen LogP contribution in [0.5, 0.6) is 0 Å². The SMILES string of the molecule is Cc1ccc(CNC(=O)N[C@@H]2CC(=O)N(c3ccccc3)C2)s1. The van der Waals surface area contributed by atoms with Gasteiger partial charge in [0.1, 0.15) is 0 Å². The molecule has 2 aromatic rings. The van der Waals surface area contributed by atoms with Crippen LogP contribution in [0.4, 0.5) is 10.5 Å². The summed E-state index contributed by atoms with van der Waals surface area (Å²) < 4.78 is 0. The molecule has 6 heteroatoms. The number of nitrogens with one attached hydrogen (secondary N) is 2. The maximum atomic E-state index is 12.1. The highest BCUT2D eigenvalue weighted by Crippen LogP contribution is 2.21. The maximum absolute atomic E-state index is 12.1. The summed E-state index contributed by atoms with van der Waals surface area (Å²) in [6, 6.07) is 13.2. The second-order valence-corrected chi connectivity index (χ2v) is 6.95. The van der Waals surface area contributed by atoms with E-state index in [0.717, 1.165) is 10.6 Å². The molecule has 1 aliphatic rings. The molecule has 0 spiro atoms. The zero-order chi connectivity index (χ0) is 16.2. The number of benzene rings is 1. The average Bonchev–Trinajstić information content (AvgIpc) is 3.12. The smallest absolute Gasteiger partial charge is 0.315 e. The Morgan fingerprint density at radius 1 is 1.26 bits per heavy atom. The van der Waals surface area contributed by atoms with Crippen LogP contribution in [0.25, 0.3) is 0 Å². The third kappa shape index (κ3) is 3.90. The highest BCUT2D eigenvalue weighted by Gasteiger charge is 2.31. The summed E-state index contributed by atoms with van der Waals surface area (Å²) in [5.41, 5.74) is 0.872. The summed E-state index contributed by atoms with van der Waals surface area (Å²) in [5, 5.41) is 5.72. The second kappa shape index (κ2) is 6.83. The highest BCUT2D eigenvalue weighted by atomic mass is 32.1. The molecule has 0 radical (unpaired) electrons. The van der Waals surface area contributed by atoms with E-state index in [0.29, 0.717) is 19.5 Å². The zero-order valence-electron chi connectivity index (χ0n) is 12.9. The lowest BCUT2D eigenvalue weighted by Gasteiger charge is -2.17. The van der Waals surface area contributed by atoms with Crippen LogP contribution in [-0.2, 0) is 11.3 Å². The molecule has 0 bridgehead atoms. The first-order valence-electron chi connectivity index (χ1n) is 7.57. The number of carbonyl (C=O) groups excluding carboxylic acids is 2. The highest BCUT2D eigenvalue weighted by molar-refractivity contribution is 7.11. The van der Waals surface area contributed by atoms with Gasteiger partial charge in [0.2, 0.25) is 5.91 Å². The third-order valence-corrected chi connectivity index (χ3v) is 4.75. The zero-order valence-corrected chi connectivity index (χ0v) is 13.7. The largest absolute Gasteiger partial charge is 0.333 e. The number of urea groups is 1. The van der Waals surface area contributed by atoms with E-state index in [1.54, 1.807) is 16.2 Å². The minimum atomic E-state index is -0.233. The topological polar surface area (TPSA) is 61.4 Å². The molecule has 2 heterocycles. The summed E-state index contributed by atoms with van der Waals surface area (Å²) in [4.78, 5) is 28.1. The molecule has 1 atom stereocenters. The van der Waals surface area contributed by atoms with Gasteiger partial charge in [-0.05, 0) is 31.2 Å². The standard InChI is InChI=1S/C17H19N3O2S/c1-12-7-8-15(23-12)10-18-17(22)19-13-9-16(21)20(11-13)14-5-3-2-4-6-14/h2-8,13H,9-11H2,1H3,(H2,18,19,22)/t13-/m1/s1. The lowest BCUT2D eigenvalue weighted by atomic mass is 10.2. The van der Waals surface area contributed by atoms with E-state index in [9.17, 15) is 9.59 Å². The summed E-state index contributed by atoms with van der Waals surface area (Å²) in [7, 11) is 0. The predicted molar refractivity (Wildman–Crippen MR) is 91.6 cm³/mol. The Bertz CT molecular complexity index is 699. The average molecular weight is 329 g/mol. The van der Waals surface area contributed by atoms with E-state index in [1.807, 2.05) is 49.4 Å². The van der Waals surface area contributed by atoms with Gasteiger partial charge in [-0.3, -0.25) is 4.79 Å².